The molecule has 10 heteroatoms. The van der Waals surface area contributed by atoms with Gasteiger partial charge in [0.25, 0.3) is 0 Å². The minimum Gasteiger partial charge on any atom is -0.398 e. The molecular weight excluding hydrogens is 485 g/mol. The number of anilines is 3. The van der Waals surface area contributed by atoms with Gasteiger partial charge in [0.05, 0.1) is 23.6 Å². The normalized spacial score (nSPS) is 23.9. The van der Waals surface area contributed by atoms with Crippen LogP contribution < -0.4 is 21.3 Å². The van der Waals surface area contributed by atoms with Gasteiger partial charge in [-0.2, -0.15) is 0 Å². The highest BCUT2D eigenvalue weighted by molar-refractivity contribution is 5.95. The number of hydrogen-bond acceptors (Lipinski definition) is 7. The van der Waals surface area contributed by atoms with Gasteiger partial charge in [-0.1, -0.05) is 6.07 Å². The first kappa shape index (κ1) is 26.1. The standard InChI is InChI=1S/C19H28N4O.C9H8FN3O/c1-13-3-4-17(16(9-21-2)18(13)20)23-6-5-15(10-23)22-12-19-7-14(8-19)11-24-19;1-6-3-13-4-7(11-5-14)2-8(10)9(13)12-6/h3-4,9,14-15,22H,5-8,10-12,20H2,1-2H3;2-5H,1H3,(H,11,14). The number of hydrogen-bond donors (Lipinski definition) is 3. The predicted octanol–water partition coefficient (Wildman–Crippen LogP) is 3.32. The summed E-state index contributed by atoms with van der Waals surface area (Å²) in [5, 5.41) is 6.13. The third-order valence-electron chi connectivity index (χ3n) is 7.78. The molecule has 7 rings (SSSR count). The molecule has 3 aliphatic heterocycles. The number of halogens is 1. The Morgan fingerprint density at radius 2 is 2.13 bits per heavy atom. The van der Waals surface area contributed by atoms with Crippen molar-refractivity contribution in [3.05, 3.63) is 53.2 Å². The first-order valence-corrected chi connectivity index (χ1v) is 13.1. The number of carbonyl (C=O) groups is 1. The van der Waals surface area contributed by atoms with Crippen LogP contribution in [-0.2, 0) is 9.53 Å². The van der Waals surface area contributed by atoms with E-state index in [1.165, 1.54) is 29.0 Å². The number of nitrogens with zero attached hydrogens (tertiary/aromatic N) is 4. The van der Waals surface area contributed by atoms with Crippen LogP contribution in [0.3, 0.4) is 0 Å². The lowest BCUT2D eigenvalue weighted by Gasteiger charge is -2.37. The number of fused-ring (bicyclic) bond motifs is 2. The van der Waals surface area contributed by atoms with Crippen molar-refractivity contribution in [1.82, 2.24) is 14.7 Å². The Bertz CT molecular complexity index is 1340. The van der Waals surface area contributed by atoms with E-state index in [0.717, 1.165) is 61.1 Å². The maximum Gasteiger partial charge on any atom is 0.211 e. The topological polar surface area (TPSA) is 109 Å². The van der Waals surface area contributed by atoms with Gasteiger partial charge < -0.3 is 30.4 Å². The molecule has 3 aromatic rings. The van der Waals surface area contributed by atoms with Gasteiger partial charge >= 0.3 is 0 Å². The van der Waals surface area contributed by atoms with E-state index in [0.29, 0.717) is 18.1 Å². The van der Waals surface area contributed by atoms with Crippen molar-refractivity contribution in [2.45, 2.75) is 44.8 Å². The van der Waals surface area contributed by atoms with Crippen molar-refractivity contribution in [3.8, 4) is 0 Å². The molecule has 3 saturated heterocycles. The molecule has 1 aliphatic carbocycles. The van der Waals surface area contributed by atoms with Gasteiger partial charge in [0.15, 0.2) is 11.5 Å². The third-order valence-corrected chi connectivity index (χ3v) is 7.78. The number of pyridine rings is 1. The molecule has 9 nitrogen and oxygen atoms in total. The van der Waals surface area contributed by atoms with Gasteiger partial charge in [-0.05, 0) is 50.7 Å². The summed E-state index contributed by atoms with van der Waals surface area (Å²) >= 11 is 0. The van der Waals surface area contributed by atoms with Crippen LogP contribution >= 0.6 is 0 Å². The summed E-state index contributed by atoms with van der Waals surface area (Å²) in [4.78, 5) is 20.8. The number of carbonyl (C=O) groups excluding carboxylic acids is 1. The highest BCUT2D eigenvalue weighted by atomic mass is 19.1. The van der Waals surface area contributed by atoms with Gasteiger partial charge in [0, 0.05) is 74.3 Å². The predicted molar refractivity (Wildman–Crippen MR) is 149 cm³/mol. The number of amides is 1. The molecule has 4 N–H and O–H groups in total. The van der Waals surface area contributed by atoms with Crippen molar-refractivity contribution >= 4 is 35.3 Å². The summed E-state index contributed by atoms with van der Waals surface area (Å²) < 4.78 is 20.8. The molecule has 4 aliphatic rings. The molecule has 2 aromatic heterocycles. The van der Waals surface area contributed by atoms with Crippen molar-refractivity contribution in [3.63, 3.8) is 0 Å². The van der Waals surface area contributed by atoms with E-state index in [4.69, 9.17) is 10.5 Å². The summed E-state index contributed by atoms with van der Waals surface area (Å²) in [6, 6.07) is 6.05. The number of aryl methyl sites for hydroxylation is 2. The fraction of sp³-hybridized carbons (Fsp3) is 0.464. The number of benzene rings is 1. The van der Waals surface area contributed by atoms with E-state index >= 15 is 0 Å². The highest BCUT2D eigenvalue weighted by Gasteiger charge is 2.51. The molecular formula is C28H36FN7O2. The van der Waals surface area contributed by atoms with E-state index in [1.807, 2.05) is 13.1 Å². The highest BCUT2D eigenvalue weighted by Crippen LogP contribution is 2.47. The maximum atomic E-state index is 13.3. The minimum absolute atomic E-state index is 0.159. The third kappa shape index (κ3) is 5.23. The first-order chi connectivity index (χ1) is 18.3. The molecule has 4 fully saturated rings. The monoisotopic (exact) mass is 521 g/mol. The van der Waals surface area contributed by atoms with Crippen LogP contribution in [0.15, 0.2) is 35.6 Å². The lowest BCUT2D eigenvalue weighted by atomic mass is 9.74. The number of nitrogens with one attached hydrogen (secondary N) is 2. The Morgan fingerprint density at radius 3 is 2.84 bits per heavy atom. The van der Waals surface area contributed by atoms with Crippen LogP contribution in [0.25, 0.3) is 5.65 Å². The van der Waals surface area contributed by atoms with Crippen molar-refractivity contribution in [2.24, 2.45) is 10.9 Å². The molecule has 202 valence electrons. The molecule has 1 unspecified atom stereocenters. The average Bonchev–Trinajstić information content (AvgIpc) is 3.65. The van der Waals surface area contributed by atoms with E-state index in [2.05, 4.69) is 37.6 Å². The summed E-state index contributed by atoms with van der Waals surface area (Å²) in [6.07, 6.45) is 9.35. The van der Waals surface area contributed by atoms with Crippen LogP contribution in [-0.4, -0.2) is 66.9 Å². The molecule has 1 amide bonds. The summed E-state index contributed by atoms with van der Waals surface area (Å²) in [7, 11) is 1.80. The quantitative estimate of drug-likeness (QED) is 0.250. The Kier molecular flexibility index (Phi) is 7.36. The number of aliphatic imine (C=N–C) groups is 1. The van der Waals surface area contributed by atoms with E-state index in [9.17, 15) is 9.18 Å². The van der Waals surface area contributed by atoms with E-state index in [1.54, 1.807) is 26.4 Å². The second-order valence-corrected chi connectivity index (χ2v) is 10.6. The summed E-state index contributed by atoms with van der Waals surface area (Å²) in [5.74, 6) is 0.378. The number of nitrogen functional groups attached to an aromatic ring is 1. The Balaban J connectivity index is 0.000000179. The molecule has 1 saturated carbocycles. The molecule has 2 bridgehead atoms. The van der Waals surface area contributed by atoms with Gasteiger partial charge in [0.1, 0.15) is 0 Å². The van der Waals surface area contributed by atoms with Crippen LogP contribution in [0.5, 0.6) is 0 Å². The Labute approximate surface area is 222 Å². The van der Waals surface area contributed by atoms with Crippen LogP contribution in [0.4, 0.5) is 21.5 Å². The Morgan fingerprint density at radius 1 is 1.32 bits per heavy atom. The van der Waals surface area contributed by atoms with Crippen LogP contribution in [0.1, 0.15) is 36.1 Å². The van der Waals surface area contributed by atoms with Crippen molar-refractivity contribution < 1.29 is 13.9 Å². The average molecular weight is 522 g/mol. The number of aromatic nitrogens is 2. The number of nitrogens with two attached hydrogens (primary N) is 1. The number of imidazole rings is 1. The smallest absolute Gasteiger partial charge is 0.211 e. The van der Waals surface area contributed by atoms with Gasteiger partial charge in [-0.15, -0.1) is 0 Å². The first-order valence-electron chi connectivity index (χ1n) is 13.1. The largest absolute Gasteiger partial charge is 0.398 e. The lowest BCUT2D eigenvalue weighted by Crippen LogP contribution is -2.49. The molecule has 1 atom stereocenters. The SMILES string of the molecule is CN=Cc1c(N2CCC(NCC34CC(CO3)C4)C2)ccc(C)c1N.Cc1cn2cc(NC=O)cc(F)c2n1. The summed E-state index contributed by atoms with van der Waals surface area (Å²) in [5.41, 5.74) is 12.0. The van der Waals surface area contributed by atoms with Gasteiger partial charge in [-0.25, -0.2) is 9.37 Å². The fourth-order valence-corrected chi connectivity index (χ4v) is 5.79. The number of ether oxygens (including phenoxy) is 1. The van der Waals surface area contributed by atoms with Crippen LogP contribution in [0.2, 0.25) is 0 Å². The minimum atomic E-state index is -0.454. The second-order valence-electron chi connectivity index (χ2n) is 10.6. The zero-order valence-corrected chi connectivity index (χ0v) is 22.2. The van der Waals surface area contributed by atoms with Gasteiger partial charge in [0.2, 0.25) is 6.41 Å². The zero-order valence-electron chi connectivity index (χ0n) is 22.2. The fourth-order valence-electron chi connectivity index (χ4n) is 5.79. The molecule has 38 heavy (non-hydrogen) atoms. The Hall–Kier alpha value is -3.50. The molecule has 0 radical (unpaired) electrons. The summed E-state index contributed by atoms with van der Waals surface area (Å²) in [6.45, 7) is 7.88. The molecule has 1 aromatic carbocycles. The zero-order chi connectivity index (χ0) is 26.9. The van der Waals surface area contributed by atoms with E-state index in [-0.39, 0.29) is 11.2 Å². The van der Waals surface area contributed by atoms with Gasteiger partial charge in [-0.3, -0.25) is 9.79 Å². The lowest BCUT2D eigenvalue weighted by molar-refractivity contribution is -0.105. The number of rotatable bonds is 7. The van der Waals surface area contributed by atoms with Crippen molar-refractivity contribution in [1.29, 1.82) is 0 Å². The molecule has 5 heterocycles. The van der Waals surface area contributed by atoms with Crippen molar-refractivity contribution in [2.75, 3.05) is 49.2 Å². The van der Waals surface area contributed by atoms with E-state index < -0.39 is 5.82 Å². The molecule has 0 spiro atoms. The van der Waals surface area contributed by atoms with Crippen LogP contribution in [0, 0.1) is 25.6 Å². The maximum absolute atomic E-state index is 13.3. The second kappa shape index (κ2) is 10.7.